The van der Waals surface area contributed by atoms with Gasteiger partial charge in [0.05, 0.1) is 14.2 Å². The molecular formula is C19H27ClN2O4. The average Bonchev–Trinajstić information content (AvgIpc) is 2.62. The van der Waals surface area contributed by atoms with Crippen molar-refractivity contribution in [3.63, 3.8) is 0 Å². The van der Waals surface area contributed by atoms with Crippen molar-refractivity contribution in [1.29, 1.82) is 0 Å². The number of hydrogen-bond acceptors (Lipinski definition) is 6. The van der Waals surface area contributed by atoms with Gasteiger partial charge in [-0.3, -0.25) is 0 Å². The molecule has 2 rings (SSSR count). The number of ether oxygens (including phenoxy) is 2. The number of rotatable bonds is 9. The van der Waals surface area contributed by atoms with E-state index >= 15 is 0 Å². The fraction of sp³-hybridized carbons (Fsp3) is 0.368. The Labute approximate surface area is 160 Å². The van der Waals surface area contributed by atoms with Crippen LogP contribution in [0.1, 0.15) is 18.1 Å². The molecular weight excluding hydrogens is 356 g/mol. The summed E-state index contributed by atoms with van der Waals surface area (Å²) in [6.07, 6.45) is 0. The highest BCUT2D eigenvalue weighted by molar-refractivity contribution is 5.85. The first-order valence-electron chi connectivity index (χ1n) is 8.19. The smallest absolute Gasteiger partial charge is 0.160 e. The second-order valence-corrected chi connectivity index (χ2v) is 5.93. The number of halogens is 1. The Balaban J connectivity index is 0.00000338. The quantitative estimate of drug-likeness (QED) is 0.534. The van der Waals surface area contributed by atoms with Gasteiger partial charge in [0.2, 0.25) is 0 Å². The molecule has 0 spiro atoms. The second-order valence-electron chi connectivity index (χ2n) is 5.93. The maximum absolute atomic E-state index is 9.61. The van der Waals surface area contributed by atoms with Gasteiger partial charge in [-0.25, -0.2) is 0 Å². The molecule has 6 nitrogen and oxygen atoms in total. The highest BCUT2D eigenvalue weighted by Gasteiger charge is 2.06. The first kappa shape index (κ1) is 21.9. The summed E-state index contributed by atoms with van der Waals surface area (Å²) >= 11 is 0. The molecule has 0 aromatic heterocycles. The highest BCUT2D eigenvalue weighted by Crippen LogP contribution is 2.27. The lowest BCUT2D eigenvalue weighted by Gasteiger charge is -2.16. The van der Waals surface area contributed by atoms with E-state index in [9.17, 15) is 10.2 Å². The van der Waals surface area contributed by atoms with Crippen molar-refractivity contribution < 1.29 is 19.7 Å². The van der Waals surface area contributed by atoms with E-state index in [-0.39, 0.29) is 29.9 Å². The molecule has 0 aliphatic rings. The van der Waals surface area contributed by atoms with E-state index in [0.717, 1.165) is 17.7 Å². The summed E-state index contributed by atoms with van der Waals surface area (Å²) in [6, 6.07) is 10.9. The standard InChI is InChI=1S/C19H26N2O4.ClH/c1-13(21-12-15-5-7-17(23)19(9-15)25-3)10-20-11-14-4-6-16(22)18(8-14)24-2;/h4-9,13,20-23H,10-12H2,1-3H3;1H. The van der Waals surface area contributed by atoms with Crippen molar-refractivity contribution in [2.75, 3.05) is 20.8 Å². The Bertz CT molecular complexity index is 697. The molecule has 144 valence electrons. The SMILES string of the molecule is COc1cc(CNCC(C)NCc2ccc(O)c(OC)c2)ccc1O.Cl. The minimum absolute atomic E-state index is 0. The van der Waals surface area contributed by atoms with Gasteiger partial charge in [-0.15, -0.1) is 12.4 Å². The van der Waals surface area contributed by atoms with Crippen molar-refractivity contribution in [1.82, 2.24) is 10.6 Å². The maximum atomic E-state index is 9.61. The zero-order valence-electron chi connectivity index (χ0n) is 15.3. The lowest BCUT2D eigenvalue weighted by Crippen LogP contribution is -2.35. The van der Waals surface area contributed by atoms with Crippen LogP contribution in [0.3, 0.4) is 0 Å². The van der Waals surface area contributed by atoms with E-state index in [4.69, 9.17) is 9.47 Å². The average molecular weight is 383 g/mol. The number of benzene rings is 2. The fourth-order valence-electron chi connectivity index (χ4n) is 2.46. The number of phenols is 2. The van der Waals surface area contributed by atoms with Crippen molar-refractivity contribution in [2.24, 2.45) is 0 Å². The van der Waals surface area contributed by atoms with Crippen molar-refractivity contribution >= 4 is 12.4 Å². The number of methoxy groups -OCH3 is 2. The third kappa shape index (κ3) is 6.29. The molecule has 2 aromatic rings. The lowest BCUT2D eigenvalue weighted by molar-refractivity contribution is 0.372. The van der Waals surface area contributed by atoms with Crippen LogP contribution < -0.4 is 20.1 Å². The van der Waals surface area contributed by atoms with Crippen LogP contribution >= 0.6 is 12.4 Å². The third-order valence-electron chi connectivity index (χ3n) is 3.92. The minimum Gasteiger partial charge on any atom is -0.504 e. The van der Waals surface area contributed by atoms with Crippen molar-refractivity contribution in [3.8, 4) is 23.0 Å². The summed E-state index contributed by atoms with van der Waals surface area (Å²) in [4.78, 5) is 0. The van der Waals surface area contributed by atoms with Crippen molar-refractivity contribution in [2.45, 2.75) is 26.1 Å². The molecule has 0 aliphatic carbocycles. The van der Waals surface area contributed by atoms with Gasteiger partial charge in [0.25, 0.3) is 0 Å². The Morgan fingerprint density at radius 3 is 1.88 bits per heavy atom. The van der Waals surface area contributed by atoms with Crippen molar-refractivity contribution in [3.05, 3.63) is 47.5 Å². The van der Waals surface area contributed by atoms with Gasteiger partial charge in [0, 0.05) is 25.7 Å². The predicted molar refractivity (Wildman–Crippen MR) is 105 cm³/mol. The molecule has 0 radical (unpaired) electrons. The molecule has 0 saturated heterocycles. The van der Waals surface area contributed by atoms with Crippen LogP contribution in [0.15, 0.2) is 36.4 Å². The van der Waals surface area contributed by atoms with E-state index in [1.54, 1.807) is 12.1 Å². The zero-order valence-corrected chi connectivity index (χ0v) is 16.1. The zero-order chi connectivity index (χ0) is 18.2. The van der Waals surface area contributed by atoms with Gasteiger partial charge in [-0.1, -0.05) is 12.1 Å². The van der Waals surface area contributed by atoms with Crippen LogP contribution in [0.25, 0.3) is 0 Å². The summed E-state index contributed by atoms with van der Waals surface area (Å²) in [5.74, 6) is 1.24. The van der Waals surface area contributed by atoms with Crippen LogP contribution in [0.2, 0.25) is 0 Å². The molecule has 4 N–H and O–H groups in total. The van der Waals surface area contributed by atoms with Crippen LogP contribution in [0, 0.1) is 0 Å². The third-order valence-corrected chi connectivity index (χ3v) is 3.92. The normalized spacial score (nSPS) is 11.5. The van der Waals surface area contributed by atoms with Crippen LogP contribution in [0.4, 0.5) is 0 Å². The van der Waals surface area contributed by atoms with E-state index in [0.29, 0.717) is 24.6 Å². The largest absolute Gasteiger partial charge is 0.504 e. The molecule has 0 aliphatic heterocycles. The Morgan fingerprint density at radius 2 is 1.38 bits per heavy atom. The monoisotopic (exact) mass is 382 g/mol. The lowest BCUT2D eigenvalue weighted by atomic mass is 10.2. The predicted octanol–water partition coefficient (Wildman–Crippen LogP) is 2.80. The molecule has 26 heavy (non-hydrogen) atoms. The Kier molecular flexibility index (Phi) is 9.05. The molecule has 0 saturated carbocycles. The Hall–Kier alpha value is -2.15. The molecule has 1 atom stereocenters. The molecule has 1 unspecified atom stereocenters. The number of hydrogen-bond donors (Lipinski definition) is 4. The van der Waals surface area contributed by atoms with Crippen LogP contribution in [-0.2, 0) is 13.1 Å². The molecule has 2 aromatic carbocycles. The van der Waals surface area contributed by atoms with E-state index in [1.165, 1.54) is 14.2 Å². The first-order chi connectivity index (χ1) is 12.0. The molecule has 7 heteroatoms. The second kappa shape index (κ2) is 10.8. The summed E-state index contributed by atoms with van der Waals surface area (Å²) in [5, 5.41) is 26.0. The van der Waals surface area contributed by atoms with Gasteiger partial charge >= 0.3 is 0 Å². The summed E-state index contributed by atoms with van der Waals surface area (Å²) in [6.45, 7) is 4.27. The molecule has 0 bridgehead atoms. The highest BCUT2D eigenvalue weighted by atomic mass is 35.5. The summed E-state index contributed by atoms with van der Waals surface area (Å²) in [7, 11) is 3.08. The minimum atomic E-state index is 0. The number of nitrogens with one attached hydrogen (secondary N) is 2. The first-order valence-corrected chi connectivity index (χ1v) is 8.19. The van der Waals surface area contributed by atoms with Gasteiger partial charge in [0.15, 0.2) is 23.0 Å². The van der Waals surface area contributed by atoms with Gasteiger partial charge in [0.1, 0.15) is 0 Å². The number of phenolic OH excluding ortho intramolecular Hbond substituents is 2. The summed E-state index contributed by atoms with van der Waals surface area (Å²) < 4.78 is 10.2. The van der Waals surface area contributed by atoms with E-state index in [1.807, 2.05) is 24.3 Å². The molecule has 0 fully saturated rings. The summed E-state index contributed by atoms with van der Waals surface area (Å²) in [5.41, 5.74) is 2.09. The topological polar surface area (TPSA) is 83.0 Å². The van der Waals surface area contributed by atoms with E-state index < -0.39 is 0 Å². The van der Waals surface area contributed by atoms with Crippen LogP contribution in [0.5, 0.6) is 23.0 Å². The van der Waals surface area contributed by atoms with Gasteiger partial charge in [-0.2, -0.15) is 0 Å². The van der Waals surface area contributed by atoms with Gasteiger partial charge < -0.3 is 30.3 Å². The molecule has 0 amide bonds. The maximum Gasteiger partial charge on any atom is 0.160 e. The van der Waals surface area contributed by atoms with Gasteiger partial charge in [-0.05, 0) is 42.3 Å². The fourth-order valence-corrected chi connectivity index (χ4v) is 2.46. The molecule has 0 heterocycles. The number of aromatic hydroxyl groups is 2. The Morgan fingerprint density at radius 1 is 0.885 bits per heavy atom. The van der Waals surface area contributed by atoms with Crippen LogP contribution in [-0.4, -0.2) is 37.0 Å². The van der Waals surface area contributed by atoms with E-state index in [2.05, 4.69) is 17.6 Å².